The molecule has 1 aromatic heterocycles. The molecule has 0 saturated heterocycles. The van der Waals surface area contributed by atoms with E-state index < -0.39 is 5.82 Å². The topological polar surface area (TPSA) is 53.1 Å². The fraction of sp³-hybridized carbons (Fsp3) is 0.182. The van der Waals surface area contributed by atoms with Gasteiger partial charge in [-0.3, -0.25) is 4.68 Å². The predicted molar refractivity (Wildman–Crippen MR) is 67.3 cm³/mol. The van der Waals surface area contributed by atoms with Crippen molar-refractivity contribution in [3.05, 3.63) is 28.5 Å². The summed E-state index contributed by atoms with van der Waals surface area (Å²) in [6, 6.07) is 4.55. The summed E-state index contributed by atoms with van der Waals surface area (Å²) >= 11 is 3.31. The average molecular weight is 300 g/mol. The van der Waals surface area contributed by atoms with Crippen LogP contribution in [0.4, 0.5) is 10.2 Å². The highest BCUT2D eigenvalue weighted by molar-refractivity contribution is 9.10. The number of hydrogen-bond acceptors (Lipinski definition) is 3. The number of aromatic nitrogens is 2. The maximum atomic E-state index is 13.9. The minimum atomic E-state index is -0.400. The van der Waals surface area contributed by atoms with E-state index in [1.807, 2.05) is 0 Å². The number of nitrogens with zero attached hydrogens (tertiary/aromatic N) is 2. The van der Waals surface area contributed by atoms with E-state index in [0.29, 0.717) is 27.3 Å². The molecule has 0 unspecified atom stereocenters. The van der Waals surface area contributed by atoms with Crippen molar-refractivity contribution in [3.63, 3.8) is 0 Å². The van der Waals surface area contributed by atoms with Gasteiger partial charge in [-0.25, -0.2) is 4.39 Å². The van der Waals surface area contributed by atoms with E-state index in [9.17, 15) is 4.39 Å². The van der Waals surface area contributed by atoms with Crippen LogP contribution in [0.15, 0.2) is 22.7 Å². The Labute approximate surface area is 106 Å². The second-order valence-electron chi connectivity index (χ2n) is 3.54. The lowest BCUT2D eigenvalue weighted by atomic mass is 10.1. The van der Waals surface area contributed by atoms with Crippen molar-refractivity contribution >= 4 is 21.7 Å². The van der Waals surface area contributed by atoms with Gasteiger partial charge in [0.05, 0.1) is 17.3 Å². The van der Waals surface area contributed by atoms with Gasteiger partial charge in [-0.2, -0.15) is 5.10 Å². The number of hydrogen-bond donors (Lipinski definition) is 1. The Bertz CT molecular complexity index is 549. The number of rotatable bonds is 2. The molecule has 90 valence electrons. The fourth-order valence-electron chi connectivity index (χ4n) is 1.49. The van der Waals surface area contributed by atoms with E-state index in [2.05, 4.69) is 21.0 Å². The molecule has 2 N–H and O–H groups in total. The van der Waals surface area contributed by atoms with E-state index in [-0.39, 0.29) is 0 Å². The van der Waals surface area contributed by atoms with Crippen LogP contribution in [0.5, 0.6) is 5.75 Å². The summed E-state index contributed by atoms with van der Waals surface area (Å²) in [7, 11) is 3.19. The molecule has 1 heterocycles. The maximum Gasteiger partial charge on any atom is 0.136 e. The Morgan fingerprint density at radius 2 is 2.12 bits per heavy atom. The molecule has 0 spiro atoms. The van der Waals surface area contributed by atoms with Crippen LogP contribution in [-0.2, 0) is 7.05 Å². The lowest BCUT2D eigenvalue weighted by Crippen LogP contribution is -1.96. The van der Waals surface area contributed by atoms with Gasteiger partial charge in [-0.15, -0.1) is 0 Å². The summed E-state index contributed by atoms with van der Waals surface area (Å²) in [6.45, 7) is 0. The van der Waals surface area contributed by atoms with Crippen molar-refractivity contribution in [1.29, 1.82) is 0 Å². The molecule has 0 aliphatic rings. The molecule has 4 nitrogen and oxygen atoms in total. The van der Waals surface area contributed by atoms with Crippen LogP contribution in [0.1, 0.15) is 0 Å². The summed E-state index contributed by atoms with van der Waals surface area (Å²) in [5.74, 6) is 0.518. The molecule has 1 aromatic carbocycles. The van der Waals surface area contributed by atoms with Crippen LogP contribution >= 0.6 is 15.9 Å². The molecule has 0 saturated carbocycles. The zero-order valence-corrected chi connectivity index (χ0v) is 11.0. The molecule has 0 bridgehead atoms. The van der Waals surface area contributed by atoms with Crippen LogP contribution in [0.3, 0.4) is 0 Å². The van der Waals surface area contributed by atoms with Gasteiger partial charge in [0.1, 0.15) is 17.4 Å². The largest absolute Gasteiger partial charge is 0.495 e. The molecule has 0 fully saturated rings. The van der Waals surface area contributed by atoms with Crippen LogP contribution in [-0.4, -0.2) is 16.9 Å². The third kappa shape index (κ3) is 2.12. The van der Waals surface area contributed by atoms with Gasteiger partial charge >= 0.3 is 0 Å². The number of aryl methyl sites for hydroxylation is 1. The third-order valence-electron chi connectivity index (χ3n) is 2.43. The molecule has 0 amide bonds. The zero-order chi connectivity index (χ0) is 12.6. The van der Waals surface area contributed by atoms with E-state index in [4.69, 9.17) is 10.5 Å². The molecule has 2 rings (SSSR count). The fourth-order valence-corrected chi connectivity index (χ4v) is 2.00. The summed E-state index contributed by atoms with van der Waals surface area (Å²) in [4.78, 5) is 0. The Morgan fingerprint density at radius 3 is 2.65 bits per heavy atom. The van der Waals surface area contributed by atoms with Crippen molar-refractivity contribution < 1.29 is 9.13 Å². The number of benzene rings is 1. The minimum absolute atomic E-state index is 0.380. The molecule has 0 atom stereocenters. The summed E-state index contributed by atoms with van der Waals surface area (Å²) in [5, 5.41) is 4.13. The van der Waals surface area contributed by atoms with Crippen molar-refractivity contribution in [2.45, 2.75) is 0 Å². The van der Waals surface area contributed by atoms with E-state index in [1.54, 1.807) is 19.2 Å². The van der Waals surface area contributed by atoms with E-state index in [1.165, 1.54) is 17.9 Å². The SMILES string of the molecule is COc1cc(F)c(-c2cc(N)n(C)n2)cc1Br. The quantitative estimate of drug-likeness (QED) is 0.927. The van der Waals surface area contributed by atoms with Crippen LogP contribution in [0.2, 0.25) is 0 Å². The van der Waals surface area contributed by atoms with Crippen LogP contribution in [0, 0.1) is 5.82 Å². The standard InChI is InChI=1S/C11H11BrFN3O/c1-16-11(14)5-9(15-16)6-3-7(12)10(17-2)4-8(6)13/h3-5H,14H2,1-2H3. The molecule has 0 aliphatic heterocycles. The number of halogens is 2. The Balaban J connectivity index is 2.56. The van der Waals surface area contributed by atoms with Gasteiger partial charge in [0.15, 0.2) is 0 Å². The van der Waals surface area contributed by atoms with Gasteiger partial charge in [-0.1, -0.05) is 0 Å². The van der Waals surface area contributed by atoms with Crippen LogP contribution < -0.4 is 10.5 Å². The maximum absolute atomic E-state index is 13.9. The number of ether oxygens (including phenoxy) is 1. The normalized spacial score (nSPS) is 10.6. The predicted octanol–water partition coefficient (Wildman–Crippen LogP) is 2.58. The average Bonchev–Trinajstić information content (AvgIpc) is 2.61. The number of nitrogens with two attached hydrogens (primary N) is 1. The Hall–Kier alpha value is -1.56. The minimum Gasteiger partial charge on any atom is -0.495 e. The first-order valence-electron chi connectivity index (χ1n) is 4.86. The van der Waals surface area contributed by atoms with Crippen molar-refractivity contribution in [3.8, 4) is 17.0 Å². The van der Waals surface area contributed by atoms with Gasteiger partial charge in [0.25, 0.3) is 0 Å². The lowest BCUT2D eigenvalue weighted by Gasteiger charge is -2.06. The van der Waals surface area contributed by atoms with E-state index >= 15 is 0 Å². The van der Waals surface area contributed by atoms with Gasteiger partial charge in [-0.05, 0) is 22.0 Å². The molecule has 17 heavy (non-hydrogen) atoms. The monoisotopic (exact) mass is 299 g/mol. The van der Waals surface area contributed by atoms with Gasteiger partial charge < -0.3 is 10.5 Å². The Kier molecular flexibility index (Phi) is 3.06. The molecular weight excluding hydrogens is 289 g/mol. The van der Waals surface area contributed by atoms with Crippen LogP contribution in [0.25, 0.3) is 11.3 Å². The van der Waals surface area contributed by atoms with Gasteiger partial charge in [0.2, 0.25) is 0 Å². The van der Waals surface area contributed by atoms with Crippen molar-refractivity contribution in [2.24, 2.45) is 7.05 Å². The van der Waals surface area contributed by atoms with Crippen molar-refractivity contribution in [2.75, 3.05) is 12.8 Å². The van der Waals surface area contributed by atoms with E-state index in [0.717, 1.165) is 0 Å². The summed E-state index contributed by atoms with van der Waals surface area (Å²) in [5.41, 5.74) is 6.53. The second kappa shape index (κ2) is 4.37. The number of nitrogen functional groups attached to an aromatic ring is 1. The summed E-state index contributed by atoms with van der Waals surface area (Å²) in [6.07, 6.45) is 0. The summed E-state index contributed by atoms with van der Waals surface area (Å²) < 4.78 is 21.0. The molecule has 0 aliphatic carbocycles. The smallest absolute Gasteiger partial charge is 0.136 e. The second-order valence-corrected chi connectivity index (χ2v) is 4.40. The molecule has 0 radical (unpaired) electrons. The highest BCUT2D eigenvalue weighted by Crippen LogP contribution is 2.33. The zero-order valence-electron chi connectivity index (χ0n) is 9.37. The third-order valence-corrected chi connectivity index (χ3v) is 3.05. The number of anilines is 1. The van der Waals surface area contributed by atoms with Crippen molar-refractivity contribution in [1.82, 2.24) is 9.78 Å². The highest BCUT2D eigenvalue weighted by Gasteiger charge is 2.13. The first kappa shape index (κ1) is 11.9. The van der Waals surface area contributed by atoms with Gasteiger partial charge in [0, 0.05) is 24.7 Å². The molecule has 2 aromatic rings. The Morgan fingerprint density at radius 1 is 1.41 bits per heavy atom. The highest BCUT2D eigenvalue weighted by atomic mass is 79.9. The first-order chi connectivity index (χ1) is 8.02. The molecule has 6 heteroatoms. The lowest BCUT2D eigenvalue weighted by molar-refractivity contribution is 0.409. The molecular formula is C11H11BrFN3O. The first-order valence-corrected chi connectivity index (χ1v) is 5.65. The number of methoxy groups -OCH3 is 1.